The number of nitrogens with zero attached hydrogens (tertiary/aromatic N) is 7. The number of hydrogen-bond acceptors (Lipinski definition) is 6. The van der Waals surface area contributed by atoms with Gasteiger partial charge in [0.25, 0.3) is 0 Å². The van der Waals surface area contributed by atoms with Crippen molar-refractivity contribution in [2.24, 2.45) is 0 Å². The van der Waals surface area contributed by atoms with Gasteiger partial charge in [-0.25, -0.2) is 9.67 Å². The molecule has 0 amide bonds. The lowest BCUT2D eigenvalue weighted by Crippen LogP contribution is -2.36. The number of para-hydroxylation sites is 1. The molecule has 0 unspecified atom stereocenters. The molecule has 0 aliphatic carbocycles. The lowest BCUT2D eigenvalue weighted by molar-refractivity contribution is 0.0326. The lowest BCUT2D eigenvalue weighted by atomic mass is 10.2. The molecule has 0 bridgehead atoms. The maximum Gasteiger partial charge on any atom is 0.123 e. The van der Waals surface area contributed by atoms with Gasteiger partial charge in [0.15, 0.2) is 0 Å². The molecule has 9 heteroatoms. The molecule has 0 radical (unpaired) electrons. The van der Waals surface area contributed by atoms with Gasteiger partial charge >= 0.3 is 0 Å². The third-order valence-electron chi connectivity index (χ3n) is 5.05. The molecule has 144 valence electrons. The number of aromatic nitrogens is 7. The SMILES string of the molecule is c1ccc2c(Cn3cc(Cn4ccnc4CN4CCOCC4)nn3)[nH]nc2c1. The first-order valence-electron chi connectivity index (χ1n) is 9.46. The summed E-state index contributed by atoms with van der Waals surface area (Å²) in [5, 5.41) is 17.2. The Morgan fingerprint density at radius 2 is 1.96 bits per heavy atom. The standard InChI is InChI=1S/C19H22N8O/c1-2-4-17-16(3-1)18(23-22-17)13-27-12-15(21-24-27)11-26-6-5-20-19(26)14-25-7-9-28-10-8-25/h1-6,12H,7-11,13-14H2,(H,22,23). The number of nitrogens with one attached hydrogen (secondary N) is 1. The van der Waals surface area contributed by atoms with Crippen LogP contribution < -0.4 is 0 Å². The van der Waals surface area contributed by atoms with Crippen LogP contribution in [0.4, 0.5) is 0 Å². The quantitative estimate of drug-likeness (QED) is 0.544. The van der Waals surface area contributed by atoms with Gasteiger partial charge in [-0.3, -0.25) is 10.00 Å². The first-order chi connectivity index (χ1) is 13.8. The maximum atomic E-state index is 5.42. The Morgan fingerprint density at radius 3 is 2.89 bits per heavy atom. The zero-order valence-corrected chi connectivity index (χ0v) is 15.5. The van der Waals surface area contributed by atoms with E-state index in [2.05, 4.69) is 41.0 Å². The second-order valence-electron chi connectivity index (χ2n) is 6.99. The van der Waals surface area contributed by atoms with Crippen LogP contribution in [0.25, 0.3) is 10.9 Å². The van der Waals surface area contributed by atoms with E-state index in [0.717, 1.165) is 61.0 Å². The van der Waals surface area contributed by atoms with E-state index in [-0.39, 0.29) is 0 Å². The molecule has 1 saturated heterocycles. The predicted molar refractivity (Wildman–Crippen MR) is 103 cm³/mol. The highest BCUT2D eigenvalue weighted by atomic mass is 16.5. The zero-order valence-electron chi connectivity index (χ0n) is 15.5. The van der Waals surface area contributed by atoms with Gasteiger partial charge < -0.3 is 9.30 Å². The third-order valence-corrected chi connectivity index (χ3v) is 5.05. The van der Waals surface area contributed by atoms with Gasteiger partial charge in [-0.2, -0.15) is 5.10 Å². The van der Waals surface area contributed by atoms with Crippen molar-refractivity contribution >= 4 is 10.9 Å². The minimum Gasteiger partial charge on any atom is -0.379 e. The molecule has 1 aromatic carbocycles. The lowest BCUT2D eigenvalue weighted by Gasteiger charge is -2.26. The monoisotopic (exact) mass is 378 g/mol. The van der Waals surface area contributed by atoms with E-state index >= 15 is 0 Å². The van der Waals surface area contributed by atoms with Gasteiger partial charge in [-0.05, 0) is 6.07 Å². The molecule has 1 fully saturated rings. The predicted octanol–water partition coefficient (Wildman–Crippen LogP) is 1.28. The Kier molecular flexibility index (Phi) is 4.59. The van der Waals surface area contributed by atoms with Crippen molar-refractivity contribution in [2.45, 2.75) is 19.6 Å². The first-order valence-corrected chi connectivity index (χ1v) is 9.46. The fourth-order valence-electron chi connectivity index (χ4n) is 3.55. The van der Waals surface area contributed by atoms with Crippen LogP contribution >= 0.6 is 0 Å². The molecule has 1 aliphatic heterocycles. The van der Waals surface area contributed by atoms with Crippen LogP contribution in [-0.2, 0) is 24.4 Å². The normalized spacial score (nSPS) is 15.4. The number of rotatable bonds is 6. The van der Waals surface area contributed by atoms with Crippen molar-refractivity contribution in [3.63, 3.8) is 0 Å². The molecule has 5 rings (SSSR count). The number of ether oxygens (including phenoxy) is 1. The van der Waals surface area contributed by atoms with Gasteiger partial charge in [0.1, 0.15) is 11.5 Å². The van der Waals surface area contributed by atoms with Gasteiger partial charge in [-0.1, -0.05) is 23.4 Å². The smallest absolute Gasteiger partial charge is 0.123 e. The van der Waals surface area contributed by atoms with E-state index in [4.69, 9.17) is 4.74 Å². The summed E-state index contributed by atoms with van der Waals surface area (Å²) in [5.41, 5.74) is 2.90. The van der Waals surface area contributed by atoms with Crippen molar-refractivity contribution in [1.82, 2.24) is 39.6 Å². The minimum atomic E-state index is 0.609. The summed E-state index contributed by atoms with van der Waals surface area (Å²) in [7, 11) is 0. The van der Waals surface area contributed by atoms with Crippen LogP contribution in [0.5, 0.6) is 0 Å². The molecule has 1 aliphatic rings. The summed E-state index contributed by atoms with van der Waals surface area (Å²) in [6.45, 7) is 5.56. The molecule has 0 saturated carbocycles. The van der Waals surface area contributed by atoms with Gasteiger partial charge in [0, 0.05) is 30.9 Å². The Labute approximate surface area is 161 Å². The highest BCUT2D eigenvalue weighted by Crippen LogP contribution is 2.16. The molecular formula is C19H22N8O. The zero-order chi connectivity index (χ0) is 18.8. The Morgan fingerprint density at radius 1 is 1.07 bits per heavy atom. The topological polar surface area (TPSA) is 89.7 Å². The Hall–Kier alpha value is -3.04. The van der Waals surface area contributed by atoms with Gasteiger partial charge in [0.05, 0.1) is 50.3 Å². The van der Waals surface area contributed by atoms with Crippen LogP contribution in [0, 0.1) is 0 Å². The largest absolute Gasteiger partial charge is 0.379 e. The first kappa shape index (κ1) is 17.1. The average molecular weight is 378 g/mol. The highest BCUT2D eigenvalue weighted by Gasteiger charge is 2.14. The van der Waals surface area contributed by atoms with Gasteiger partial charge in [0.2, 0.25) is 0 Å². The maximum absolute atomic E-state index is 5.42. The number of fused-ring (bicyclic) bond motifs is 1. The Balaban J connectivity index is 1.27. The fourth-order valence-corrected chi connectivity index (χ4v) is 3.55. The van der Waals surface area contributed by atoms with Crippen molar-refractivity contribution in [1.29, 1.82) is 0 Å². The highest BCUT2D eigenvalue weighted by molar-refractivity contribution is 5.81. The summed E-state index contributed by atoms with van der Waals surface area (Å²) in [6.07, 6.45) is 5.82. The number of hydrogen-bond donors (Lipinski definition) is 1. The van der Waals surface area contributed by atoms with Gasteiger partial charge in [-0.15, -0.1) is 5.10 Å². The van der Waals surface area contributed by atoms with E-state index in [1.165, 1.54) is 0 Å². The number of benzene rings is 1. The number of aromatic amines is 1. The number of imidazole rings is 1. The third kappa shape index (κ3) is 3.54. The number of H-pyrrole nitrogens is 1. The van der Waals surface area contributed by atoms with E-state index < -0.39 is 0 Å². The molecule has 3 aromatic heterocycles. The van der Waals surface area contributed by atoms with Crippen molar-refractivity contribution < 1.29 is 4.74 Å². The summed E-state index contributed by atoms with van der Waals surface area (Å²) in [4.78, 5) is 6.88. The van der Waals surface area contributed by atoms with E-state index in [9.17, 15) is 0 Å². The molecular weight excluding hydrogens is 356 g/mol. The molecule has 0 spiro atoms. The van der Waals surface area contributed by atoms with E-state index in [1.807, 2.05) is 41.5 Å². The van der Waals surface area contributed by atoms with E-state index in [0.29, 0.717) is 13.1 Å². The number of morpholine rings is 1. The summed E-state index contributed by atoms with van der Waals surface area (Å²) < 4.78 is 9.40. The summed E-state index contributed by atoms with van der Waals surface area (Å²) in [5.74, 6) is 1.04. The molecule has 4 aromatic rings. The Bertz CT molecular complexity index is 1060. The molecule has 4 heterocycles. The summed E-state index contributed by atoms with van der Waals surface area (Å²) >= 11 is 0. The second-order valence-corrected chi connectivity index (χ2v) is 6.99. The van der Waals surface area contributed by atoms with E-state index in [1.54, 1.807) is 0 Å². The van der Waals surface area contributed by atoms with Crippen molar-refractivity contribution in [3.8, 4) is 0 Å². The second kappa shape index (κ2) is 7.53. The average Bonchev–Trinajstić information content (AvgIpc) is 3.45. The van der Waals surface area contributed by atoms with Crippen LogP contribution in [0.15, 0.2) is 42.9 Å². The van der Waals surface area contributed by atoms with Crippen LogP contribution in [0.3, 0.4) is 0 Å². The molecule has 28 heavy (non-hydrogen) atoms. The molecule has 0 atom stereocenters. The van der Waals surface area contributed by atoms with Crippen LogP contribution in [-0.4, -0.2) is 65.9 Å². The molecule has 9 nitrogen and oxygen atoms in total. The van der Waals surface area contributed by atoms with Crippen LogP contribution in [0.1, 0.15) is 17.2 Å². The molecule has 1 N–H and O–H groups in total. The minimum absolute atomic E-state index is 0.609. The van der Waals surface area contributed by atoms with Crippen LogP contribution in [0.2, 0.25) is 0 Å². The van der Waals surface area contributed by atoms with Crippen molar-refractivity contribution in [2.75, 3.05) is 26.3 Å². The van der Waals surface area contributed by atoms with Crippen molar-refractivity contribution in [3.05, 3.63) is 60.1 Å². The summed E-state index contributed by atoms with van der Waals surface area (Å²) in [6, 6.07) is 8.07. The fraction of sp³-hybridized carbons (Fsp3) is 0.368.